The maximum atomic E-state index is 3.67. The molecule has 0 bridgehead atoms. The van der Waals surface area contributed by atoms with Crippen LogP contribution in [-0.4, -0.2) is 36.5 Å². The fourth-order valence-electron chi connectivity index (χ4n) is 2.98. The van der Waals surface area contributed by atoms with Crippen LogP contribution in [0.2, 0.25) is 0 Å². The second kappa shape index (κ2) is 6.73. The van der Waals surface area contributed by atoms with Crippen molar-refractivity contribution < 1.29 is 0 Å². The molecule has 2 aromatic carbocycles. The number of benzene rings is 2. The van der Waals surface area contributed by atoms with Crippen molar-refractivity contribution in [2.24, 2.45) is 0 Å². The minimum absolute atomic E-state index is 0.469. The number of nitrogens with zero attached hydrogens (tertiary/aromatic N) is 2. The van der Waals surface area contributed by atoms with Gasteiger partial charge in [-0.3, -0.25) is 4.90 Å². The van der Waals surface area contributed by atoms with Crippen molar-refractivity contribution in [2.75, 3.05) is 26.7 Å². The molecule has 1 aliphatic rings. The summed E-state index contributed by atoms with van der Waals surface area (Å²) in [6.45, 7) is 4.33. The van der Waals surface area contributed by atoms with Crippen LogP contribution in [0.15, 0.2) is 59.1 Å². The van der Waals surface area contributed by atoms with Crippen molar-refractivity contribution in [3.8, 4) is 0 Å². The third-order valence-electron chi connectivity index (χ3n) is 4.21. The molecule has 0 radical (unpaired) electrons. The quantitative estimate of drug-likeness (QED) is 0.832. The zero-order valence-electron chi connectivity index (χ0n) is 12.4. The van der Waals surface area contributed by atoms with Crippen LogP contribution in [0.25, 0.3) is 0 Å². The third-order valence-corrected chi connectivity index (χ3v) is 4.98. The molecule has 1 atom stereocenters. The van der Waals surface area contributed by atoms with Gasteiger partial charge in [0.2, 0.25) is 0 Å². The second-order valence-electron chi connectivity index (χ2n) is 5.75. The van der Waals surface area contributed by atoms with Crippen LogP contribution in [0.5, 0.6) is 0 Å². The highest BCUT2D eigenvalue weighted by atomic mass is 79.9. The number of likely N-dealkylation sites (N-methyl/N-ethyl adjacent to an activating group) is 1. The molecule has 0 spiro atoms. The predicted molar refractivity (Wildman–Crippen MR) is 91.2 cm³/mol. The molecular weight excluding hydrogens is 324 g/mol. The summed E-state index contributed by atoms with van der Waals surface area (Å²) >= 11 is 3.67. The van der Waals surface area contributed by atoms with Crippen LogP contribution in [0.1, 0.15) is 17.2 Å². The average molecular weight is 345 g/mol. The summed E-state index contributed by atoms with van der Waals surface area (Å²) in [6.07, 6.45) is 0. The third kappa shape index (κ3) is 3.54. The highest BCUT2D eigenvalue weighted by Gasteiger charge is 2.26. The second-order valence-corrected chi connectivity index (χ2v) is 6.60. The van der Waals surface area contributed by atoms with E-state index in [9.17, 15) is 0 Å². The van der Waals surface area contributed by atoms with E-state index in [1.807, 2.05) is 0 Å². The van der Waals surface area contributed by atoms with Crippen molar-refractivity contribution in [1.29, 1.82) is 0 Å². The van der Waals surface area contributed by atoms with Crippen LogP contribution in [0, 0.1) is 0 Å². The molecule has 3 rings (SSSR count). The van der Waals surface area contributed by atoms with Gasteiger partial charge in [0.25, 0.3) is 0 Å². The van der Waals surface area contributed by atoms with E-state index in [1.165, 1.54) is 15.6 Å². The lowest BCUT2D eigenvalue weighted by atomic mass is 10.0. The standard InChI is InChI=1S/C18H21BrN2/c1-20-11-12-21(13-16-9-5-6-10-17(16)19)18(14-20)15-7-3-2-4-8-15/h2-10,18H,11-14H2,1H3. The van der Waals surface area contributed by atoms with Gasteiger partial charge in [0.15, 0.2) is 0 Å². The van der Waals surface area contributed by atoms with Gasteiger partial charge in [-0.25, -0.2) is 0 Å². The van der Waals surface area contributed by atoms with Gasteiger partial charge in [0.1, 0.15) is 0 Å². The molecule has 1 saturated heterocycles. The average Bonchev–Trinajstić information content (AvgIpc) is 2.52. The summed E-state index contributed by atoms with van der Waals surface area (Å²) in [7, 11) is 2.21. The first-order valence-electron chi connectivity index (χ1n) is 7.45. The molecule has 0 aliphatic carbocycles. The first kappa shape index (κ1) is 14.8. The van der Waals surface area contributed by atoms with E-state index in [0.717, 1.165) is 26.2 Å². The Morgan fingerprint density at radius 3 is 2.48 bits per heavy atom. The number of rotatable bonds is 3. The van der Waals surface area contributed by atoms with Gasteiger partial charge < -0.3 is 4.90 Å². The molecule has 0 N–H and O–H groups in total. The number of halogens is 1. The maximum Gasteiger partial charge on any atom is 0.0479 e. The molecule has 1 heterocycles. The van der Waals surface area contributed by atoms with Gasteiger partial charge >= 0.3 is 0 Å². The Morgan fingerprint density at radius 2 is 1.71 bits per heavy atom. The number of piperazine rings is 1. The van der Waals surface area contributed by atoms with Gasteiger partial charge in [0.05, 0.1) is 0 Å². The van der Waals surface area contributed by atoms with Gasteiger partial charge in [-0.1, -0.05) is 64.5 Å². The minimum Gasteiger partial charge on any atom is -0.303 e. The molecule has 3 heteroatoms. The van der Waals surface area contributed by atoms with E-state index in [-0.39, 0.29) is 0 Å². The number of hydrogen-bond donors (Lipinski definition) is 0. The number of hydrogen-bond acceptors (Lipinski definition) is 2. The molecule has 0 saturated carbocycles. The summed E-state index contributed by atoms with van der Waals surface area (Å²) in [6, 6.07) is 19.9. The zero-order valence-corrected chi connectivity index (χ0v) is 14.0. The van der Waals surface area contributed by atoms with E-state index in [2.05, 4.69) is 87.4 Å². The van der Waals surface area contributed by atoms with E-state index >= 15 is 0 Å². The molecule has 1 aliphatic heterocycles. The van der Waals surface area contributed by atoms with Crippen molar-refractivity contribution in [3.63, 3.8) is 0 Å². The molecule has 2 aromatic rings. The molecule has 1 unspecified atom stereocenters. The monoisotopic (exact) mass is 344 g/mol. The molecule has 0 aromatic heterocycles. The fourth-order valence-corrected chi connectivity index (χ4v) is 3.39. The molecule has 0 amide bonds. The van der Waals surface area contributed by atoms with Crippen LogP contribution in [0.4, 0.5) is 0 Å². The Bertz CT molecular complexity index is 585. The van der Waals surface area contributed by atoms with Gasteiger partial charge in [-0.05, 0) is 24.2 Å². The lowest BCUT2D eigenvalue weighted by Crippen LogP contribution is -2.46. The van der Waals surface area contributed by atoms with Crippen LogP contribution >= 0.6 is 15.9 Å². The zero-order chi connectivity index (χ0) is 14.7. The highest BCUT2D eigenvalue weighted by Crippen LogP contribution is 2.28. The van der Waals surface area contributed by atoms with Crippen molar-refractivity contribution >= 4 is 15.9 Å². The summed E-state index contributed by atoms with van der Waals surface area (Å²) in [5.74, 6) is 0. The highest BCUT2D eigenvalue weighted by molar-refractivity contribution is 9.10. The maximum absolute atomic E-state index is 3.67. The minimum atomic E-state index is 0.469. The van der Waals surface area contributed by atoms with Gasteiger partial charge in [-0.2, -0.15) is 0 Å². The predicted octanol–water partition coefficient (Wildman–Crippen LogP) is 3.94. The summed E-state index contributed by atoms with van der Waals surface area (Å²) in [5, 5.41) is 0. The lowest BCUT2D eigenvalue weighted by molar-refractivity contribution is 0.0832. The normalized spacial score (nSPS) is 20.6. The molecule has 1 fully saturated rings. The Balaban J connectivity index is 1.83. The van der Waals surface area contributed by atoms with Crippen molar-refractivity contribution in [1.82, 2.24) is 9.80 Å². The van der Waals surface area contributed by atoms with E-state index in [1.54, 1.807) is 0 Å². The van der Waals surface area contributed by atoms with Crippen molar-refractivity contribution in [3.05, 3.63) is 70.2 Å². The van der Waals surface area contributed by atoms with Gasteiger partial charge in [0, 0.05) is 36.7 Å². The first-order valence-corrected chi connectivity index (χ1v) is 8.24. The van der Waals surface area contributed by atoms with Gasteiger partial charge in [-0.15, -0.1) is 0 Å². The van der Waals surface area contributed by atoms with Crippen LogP contribution in [0.3, 0.4) is 0 Å². The molecular formula is C18H21BrN2. The van der Waals surface area contributed by atoms with Crippen LogP contribution < -0.4 is 0 Å². The SMILES string of the molecule is CN1CCN(Cc2ccccc2Br)C(c2ccccc2)C1. The Kier molecular flexibility index (Phi) is 4.73. The molecule has 110 valence electrons. The smallest absolute Gasteiger partial charge is 0.0479 e. The summed E-state index contributed by atoms with van der Waals surface area (Å²) in [4.78, 5) is 5.02. The largest absolute Gasteiger partial charge is 0.303 e. The van der Waals surface area contributed by atoms with E-state index in [4.69, 9.17) is 0 Å². The summed E-state index contributed by atoms with van der Waals surface area (Å²) in [5.41, 5.74) is 2.78. The Morgan fingerprint density at radius 1 is 1.00 bits per heavy atom. The molecule has 21 heavy (non-hydrogen) atoms. The van der Waals surface area contributed by atoms with E-state index < -0.39 is 0 Å². The van der Waals surface area contributed by atoms with Crippen molar-refractivity contribution in [2.45, 2.75) is 12.6 Å². The molecule has 2 nitrogen and oxygen atoms in total. The summed E-state index contributed by atoms with van der Waals surface area (Å²) < 4.78 is 1.20. The Labute approximate surface area is 135 Å². The van der Waals surface area contributed by atoms with Crippen LogP contribution in [-0.2, 0) is 6.54 Å². The topological polar surface area (TPSA) is 6.48 Å². The lowest BCUT2D eigenvalue weighted by Gasteiger charge is -2.40. The fraction of sp³-hybridized carbons (Fsp3) is 0.333. The van der Waals surface area contributed by atoms with E-state index in [0.29, 0.717) is 6.04 Å². The first-order chi connectivity index (χ1) is 10.2. The Hall–Kier alpha value is -1.16.